The first-order valence-electron chi connectivity index (χ1n) is 12.9. The lowest BCUT2D eigenvalue weighted by Crippen LogP contribution is -2.42. The molecule has 7 nitrogen and oxygen atoms in total. The Morgan fingerprint density at radius 3 is 2.28 bits per heavy atom. The fraction of sp³-hybridized carbons (Fsp3) is 1.00. The predicted octanol–water partition coefficient (Wildman–Crippen LogP) is 4.90. The zero-order chi connectivity index (χ0) is 22.6. The Hall–Kier alpha value is -0.280. The first-order valence-corrected chi connectivity index (χ1v) is 12.9. The number of rotatable bonds is 9. The van der Waals surface area contributed by atoms with E-state index in [1.165, 1.54) is 12.8 Å². The van der Waals surface area contributed by atoms with Crippen molar-refractivity contribution in [1.82, 2.24) is 0 Å². The highest BCUT2D eigenvalue weighted by Gasteiger charge is 2.52. The van der Waals surface area contributed by atoms with Crippen LogP contribution < -0.4 is 0 Å². The molecule has 186 valence electrons. The molecular weight excluding hydrogens is 412 g/mol. The SMILES string of the molecule is COC1(O[C@@H]2C[C@@H](OC(C)OCC(C)C)[C@@H](C3COC4(CCCCC4)O3)O2)CCCCC1. The van der Waals surface area contributed by atoms with E-state index < -0.39 is 11.6 Å². The van der Waals surface area contributed by atoms with E-state index in [1.807, 2.05) is 6.92 Å². The quantitative estimate of drug-likeness (QED) is 0.457. The van der Waals surface area contributed by atoms with Gasteiger partial charge in [-0.3, -0.25) is 0 Å². The molecule has 0 bridgehead atoms. The van der Waals surface area contributed by atoms with Crippen LogP contribution in [0, 0.1) is 5.92 Å². The van der Waals surface area contributed by atoms with Crippen molar-refractivity contribution in [2.75, 3.05) is 20.3 Å². The third kappa shape index (κ3) is 6.04. The first kappa shape index (κ1) is 24.8. The smallest absolute Gasteiger partial charge is 0.171 e. The van der Waals surface area contributed by atoms with Gasteiger partial charge >= 0.3 is 0 Å². The minimum atomic E-state index is -0.556. The van der Waals surface area contributed by atoms with Crippen molar-refractivity contribution in [3.05, 3.63) is 0 Å². The Bertz CT molecular complexity index is 571. The third-order valence-corrected chi connectivity index (χ3v) is 7.32. The van der Waals surface area contributed by atoms with Crippen molar-refractivity contribution >= 4 is 0 Å². The molecule has 2 saturated heterocycles. The minimum absolute atomic E-state index is 0.158. The zero-order valence-corrected chi connectivity index (χ0v) is 20.5. The molecule has 1 spiro atoms. The molecule has 0 aromatic rings. The summed E-state index contributed by atoms with van der Waals surface area (Å²) in [4.78, 5) is 0. The molecule has 0 radical (unpaired) electrons. The Kier molecular flexibility index (Phi) is 8.52. The van der Waals surface area contributed by atoms with Crippen molar-refractivity contribution < 1.29 is 33.2 Å². The topological polar surface area (TPSA) is 64.6 Å². The maximum atomic E-state index is 6.52. The molecule has 0 aromatic carbocycles. The van der Waals surface area contributed by atoms with Crippen LogP contribution in [0.2, 0.25) is 0 Å². The van der Waals surface area contributed by atoms with Crippen molar-refractivity contribution in [1.29, 1.82) is 0 Å². The molecule has 2 heterocycles. The molecule has 2 unspecified atom stereocenters. The zero-order valence-electron chi connectivity index (χ0n) is 20.5. The second kappa shape index (κ2) is 11.0. The maximum absolute atomic E-state index is 6.52. The highest BCUT2D eigenvalue weighted by atomic mass is 16.8. The van der Waals surface area contributed by atoms with Gasteiger partial charge in [0.25, 0.3) is 0 Å². The average molecular weight is 457 g/mol. The molecule has 2 saturated carbocycles. The van der Waals surface area contributed by atoms with E-state index in [0.29, 0.717) is 25.6 Å². The van der Waals surface area contributed by atoms with Gasteiger partial charge in [0, 0.05) is 39.2 Å². The Balaban J connectivity index is 1.41. The van der Waals surface area contributed by atoms with Crippen LogP contribution in [0.5, 0.6) is 0 Å². The summed E-state index contributed by atoms with van der Waals surface area (Å²) in [7, 11) is 1.74. The van der Waals surface area contributed by atoms with Crippen LogP contribution in [0.4, 0.5) is 0 Å². The third-order valence-electron chi connectivity index (χ3n) is 7.32. The molecule has 4 fully saturated rings. The average Bonchev–Trinajstić information content (AvgIpc) is 3.37. The molecule has 2 aliphatic heterocycles. The summed E-state index contributed by atoms with van der Waals surface area (Å²) >= 11 is 0. The van der Waals surface area contributed by atoms with E-state index in [1.54, 1.807) is 7.11 Å². The van der Waals surface area contributed by atoms with E-state index in [0.717, 1.165) is 51.4 Å². The van der Waals surface area contributed by atoms with E-state index in [2.05, 4.69) is 13.8 Å². The van der Waals surface area contributed by atoms with Crippen LogP contribution in [-0.4, -0.2) is 62.8 Å². The summed E-state index contributed by atoms with van der Waals surface area (Å²) in [6.07, 6.45) is 10.1. The predicted molar refractivity (Wildman–Crippen MR) is 119 cm³/mol. The number of ether oxygens (including phenoxy) is 7. The van der Waals surface area contributed by atoms with Gasteiger partial charge in [-0.1, -0.05) is 26.7 Å². The van der Waals surface area contributed by atoms with Crippen molar-refractivity contribution in [3.8, 4) is 0 Å². The number of methoxy groups -OCH3 is 1. The molecule has 5 atom stereocenters. The lowest BCUT2D eigenvalue weighted by Gasteiger charge is -2.37. The molecule has 0 N–H and O–H groups in total. The lowest BCUT2D eigenvalue weighted by atomic mass is 9.94. The lowest BCUT2D eigenvalue weighted by molar-refractivity contribution is -0.311. The monoisotopic (exact) mass is 456 g/mol. The maximum Gasteiger partial charge on any atom is 0.171 e. The molecule has 7 heteroatoms. The molecule has 0 aromatic heterocycles. The second-order valence-corrected chi connectivity index (χ2v) is 10.5. The van der Waals surface area contributed by atoms with Crippen molar-refractivity contribution in [2.45, 2.75) is 134 Å². The van der Waals surface area contributed by atoms with Gasteiger partial charge < -0.3 is 33.2 Å². The van der Waals surface area contributed by atoms with E-state index in [9.17, 15) is 0 Å². The molecule has 4 rings (SSSR count). The molecule has 32 heavy (non-hydrogen) atoms. The van der Waals surface area contributed by atoms with Crippen LogP contribution in [0.15, 0.2) is 0 Å². The van der Waals surface area contributed by atoms with Gasteiger partial charge in [-0.05, 0) is 38.5 Å². The Labute approximate surface area is 193 Å². The summed E-state index contributed by atoms with van der Waals surface area (Å²) in [5.74, 6) is -0.537. The normalized spacial score (nSPS) is 35.5. The van der Waals surface area contributed by atoms with E-state index in [4.69, 9.17) is 33.2 Å². The number of hydrogen-bond acceptors (Lipinski definition) is 7. The van der Waals surface area contributed by atoms with Gasteiger partial charge in [-0.2, -0.15) is 0 Å². The Morgan fingerprint density at radius 2 is 1.62 bits per heavy atom. The molecule has 2 aliphatic carbocycles. The van der Waals surface area contributed by atoms with Gasteiger partial charge in [0.15, 0.2) is 24.2 Å². The Morgan fingerprint density at radius 1 is 0.938 bits per heavy atom. The van der Waals surface area contributed by atoms with Crippen LogP contribution >= 0.6 is 0 Å². The summed E-state index contributed by atoms with van der Waals surface area (Å²) in [5.41, 5.74) is 0. The minimum Gasteiger partial charge on any atom is -0.353 e. The summed E-state index contributed by atoms with van der Waals surface area (Å²) in [6.45, 7) is 7.44. The van der Waals surface area contributed by atoms with Gasteiger partial charge in [-0.25, -0.2) is 0 Å². The first-order chi connectivity index (χ1) is 15.4. The molecular formula is C25H44O7. The second-order valence-electron chi connectivity index (χ2n) is 10.5. The largest absolute Gasteiger partial charge is 0.353 e. The number of hydrogen-bond donors (Lipinski definition) is 0. The molecule has 4 aliphatic rings. The van der Waals surface area contributed by atoms with Crippen molar-refractivity contribution in [3.63, 3.8) is 0 Å². The highest BCUT2D eigenvalue weighted by molar-refractivity contribution is 4.93. The standard InChI is InChI=1S/C25H44O7/c1-18(2)16-27-19(3)29-20-15-22(32-24(26-4)11-7-5-8-12-24)30-23(20)21-17-28-25(31-21)13-9-6-10-14-25/h18-23H,5-17H2,1-4H3/t19?,20-,21?,22-,23+/m1/s1. The fourth-order valence-corrected chi connectivity index (χ4v) is 5.58. The van der Waals surface area contributed by atoms with Gasteiger partial charge in [0.1, 0.15) is 12.2 Å². The summed E-state index contributed by atoms with van der Waals surface area (Å²) in [6, 6.07) is 0. The van der Waals surface area contributed by atoms with Gasteiger partial charge in [-0.15, -0.1) is 0 Å². The van der Waals surface area contributed by atoms with Crippen LogP contribution in [0.3, 0.4) is 0 Å². The molecule has 0 amide bonds. The highest BCUT2D eigenvalue weighted by Crippen LogP contribution is 2.43. The fourth-order valence-electron chi connectivity index (χ4n) is 5.58. The van der Waals surface area contributed by atoms with E-state index in [-0.39, 0.29) is 30.9 Å². The summed E-state index contributed by atoms with van der Waals surface area (Å²) < 4.78 is 43.7. The van der Waals surface area contributed by atoms with Crippen molar-refractivity contribution in [2.24, 2.45) is 5.92 Å². The van der Waals surface area contributed by atoms with Gasteiger partial charge in [0.2, 0.25) is 0 Å². The summed E-state index contributed by atoms with van der Waals surface area (Å²) in [5, 5.41) is 0. The van der Waals surface area contributed by atoms with E-state index >= 15 is 0 Å². The van der Waals surface area contributed by atoms with Crippen LogP contribution in [0.1, 0.15) is 91.4 Å². The van der Waals surface area contributed by atoms with Crippen LogP contribution in [0.25, 0.3) is 0 Å². The van der Waals surface area contributed by atoms with Crippen LogP contribution in [-0.2, 0) is 33.2 Å². The van der Waals surface area contributed by atoms with Gasteiger partial charge in [0.05, 0.1) is 19.3 Å².